The maximum Gasteiger partial charge on any atom is 0.337 e. The van der Waals surface area contributed by atoms with Crippen LogP contribution in [0.4, 0.5) is 0 Å². The maximum absolute atomic E-state index is 12.3. The van der Waals surface area contributed by atoms with Gasteiger partial charge in [-0.1, -0.05) is 6.07 Å². The van der Waals surface area contributed by atoms with Crippen molar-refractivity contribution in [3.05, 3.63) is 57.0 Å². The Morgan fingerprint density at radius 3 is 2.44 bits per heavy atom. The quantitative estimate of drug-likeness (QED) is 0.756. The number of nitrogens with zero attached hydrogens (tertiary/aromatic N) is 2. The largest absolute Gasteiger partial charge is 0.493 e. The smallest absolute Gasteiger partial charge is 0.337 e. The van der Waals surface area contributed by atoms with E-state index in [2.05, 4.69) is 0 Å². The molecule has 0 aliphatic rings. The van der Waals surface area contributed by atoms with Crippen molar-refractivity contribution in [3.8, 4) is 17.6 Å². The number of carbonyl (C=O) groups is 1. The van der Waals surface area contributed by atoms with Crippen molar-refractivity contribution in [1.82, 2.24) is 4.57 Å². The third-order valence-corrected chi connectivity index (χ3v) is 4.02. The summed E-state index contributed by atoms with van der Waals surface area (Å²) in [6.45, 7) is 2.01. The monoisotopic (exact) mass is 372 g/mol. The third kappa shape index (κ3) is 4.27. The first-order chi connectivity index (χ1) is 13.0. The number of aromatic carboxylic acids is 1. The van der Waals surface area contributed by atoms with E-state index in [9.17, 15) is 14.7 Å². The lowest BCUT2D eigenvalue weighted by Crippen LogP contribution is -2.28. The number of hydrogen-bond acceptors (Lipinski definition) is 6. The van der Waals surface area contributed by atoms with Crippen LogP contribution in [0.15, 0.2) is 29.1 Å². The van der Waals surface area contributed by atoms with E-state index >= 15 is 0 Å². The predicted octanol–water partition coefficient (Wildman–Crippen LogP) is 2.17. The average molecular weight is 372 g/mol. The van der Waals surface area contributed by atoms with E-state index in [0.717, 1.165) is 11.6 Å². The topological polar surface area (TPSA) is 111 Å². The highest BCUT2D eigenvalue weighted by molar-refractivity contribution is 5.89. The summed E-state index contributed by atoms with van der Waals surface area (Å²) in [5, 5.41) is 18.5. The van der Waals surface area contributed by atoms with E-state index in [0.29, 0.717) is 11.5 Å². The molecule has 0 aliphatic carbocycles. The van der Waals surface area contributed by atoms with Crippen LogP contribution in [0, 0.1) is 11.3 Å². The summed E-state index contributed by atoms with van der Waals surface area (Å²) in [7, 11) is 3.06. The molecule has 0 spiro atoms. The number of pyridine rings is 1. The normalized spacial score (nSPS) is 10.3. The van der Waals surface area contributed by atoms with Crippen LogP contribution in [0.2, 0.25) is 0 Å². The molecule has 8 heteroatoms. The summed E-state index contributed by atoms with van der Waals surface area (Å²) < 4.78 is 17.3. The summed E-state index contributed by atoms with van der Waals surface area (Å²) in [5.74, 6) is -0.0894. The van der Waals surface area contributed by atoms with Gasteiger partial charge in [-0.2, -0.15) is 5.26 Å². The molecule has 0 radical (unpaired) electrons. The predicted molar refractivity (Wildman–Crippen MR) is 96.1 cm³/mol. The number of benzene rings is 1. The van der Waals surface area contributed by atoms with E-state index in [1.807, 2.05) is 0 Å². The van der Waals surface area contributed by atoms with Crippen LogP contribution in [0.3, 0.4) is 0 Å². The third-order valence-electron chi connectivity index (χ3n) is 4.02. The molecular weight excluding hydrogens is 352 g/mol. The van der Waals surface area contributed by atoms with Crippen molar-refractivity contribution in [3.63, 3.8) is 0 Å². The van der Waals surface area contributed by atoms with Gasteiger partial charge in [0.2, 0.25) is 0 Å². The van der Waals surface area contributed by atoms with E-state index in [-0.39, 0.29) is 36.6 Å². The van der Waals surface area contributed by atoms with Crippen molar-refractivity contribution in [2.75, 3.05) is 14.2 Å². The summed E-state index contributed by atoms with van der Waals surface area (Å²) in [5.41, 5.74) is 0.144. The number of aromatic nitrogens is 1. The van der Waals surface area contributed by atoms with Gasteiger partial charge in [0.25, 0.3) is 5.56 Å². The molecule has 1 aromatic carbocycles. The lowest BCUT2D eigenvalue weighted by molar-refractivity contribution is 0.0678. The van der Waals surface area contributed by atoms with E-state index in [4.69, 9.17) is 19.5 Å². The van der Waals surface area contributed by atoms with Gasteiger partial charge in [0.05, 0.1) is 38.7 Å². The SMILES string of the molecule is CCn1c(COCc2ccc(OC)c(OC)c2)c(C(=O)O)cc(C#N)c1=O. The second kappa shape index (κ2) is 8.87. The van der Waals surface area contributed by atoms with Gasteiger partial charge in [0.15, 0.2) is 11.5 Å². The second-order valence-electron chi connectivity index (χ2n) is 5.57. The first-order valence-electron chi connectivity index (χ1n) is 8.15. The van der Waals surface area contributed by atoms with Crippen molar-refractivity contribution < 1.29 is 24.1 Å². The number of rotatable bonds is 8. The zero-order valence-corrected chi connectivity index (χ0v) is 15.3. The average Bonchev–Trinajstić information content (AvgIpc) is 2.67. The molecule has 1 N–H and O–H groups in total. The summed E-state index contributed by atoms with van der Waals surface area (Å²) in [4.78, 5) is 23.8. The maximum atomic E-state index is 12.3. The Kier molecular flexibility index (Phi) is 6.57. The fourth-order valence-corrected chi connectivity index (χ4v) is 2.69. The molecule has 0 bridgehead atoms. The van der Waals surface area contributed by atoms with Gasteiger partial charge in [-0.3, -0.25) is 4.79 Å². The fourth-order valence-electron chi connectivity index (χ4n) is 2.69. The van der Waals surface area contributed by atoms with Gasteiger partial charge in [-0.25, -0.2) is 4.79 Å². The van der Waals surface area contributed by atoms with Crippen molar-refractivity contribution in [1.29, 1.82) is 5.26 Å². The Morgan fingerprint density at radius 1 is 1.19 bits per heavy atom. The number of carboxylic acids is 1. The Bertz CT molecular complexity index is 942. The number of ether oxygens (including phenoxy) is 3. The minimum atomic E-state index is -1.22. The molecule has 0 aliphatic heterocycles. The van der Waals surface area contributed by atoms with Gasteiger partial charge < -0.3 is 23.9 Å². The van der Waals surface area contributed by atoms with Gasteiger partial charge in [0, 0.05) is 6.54 Å². The zero-order chi connectivity index (χ0) is 20.0. The van der Waals surface area contributed by atoms with Crippen LogP contribution in [-0.2, 0) is 24.5 Å². The number of methoxy groups -OCH3 is 2. The van der Waals surface area contributed by atoms with E-state index < -0.39 is 11.5 Å². The number of nitriles is 1. The van der Waals surface area contributed by atoms with Gasteiger partial charge >= 0.3 is 5.97 Å². The lowest BCUT2D eigenvalue weighted by atomic mass is 10.1. The molecule has 1 heterocycles. The zero-order valence-electron chi connectivity index (χ0n) is 15.3. The molecule has 0 unspecified atom stereocenters. The molecule has 0 atom stereocenters. The summed E-state index contributed by atoms with van der Waals surface area (Å²) >= 11 is 0. The van der Waals surface area contributed by atoms with Gasteiger partial charge in [0.1, 0.15) is 11.6 Å². The highest BCUT2D eigenvalue weighted by atomic mass is 16.5. The number of hydrogen-bond donors (Lipinski definition) is 1. The van der Waals surface area contributed by atoms with Crippen LogP contribution >= 0.6 is 0 Å². The minimum Gasteiger partial charge on any atom is -0.493 e. The second-order valence-corrected chi connectivity index (χ2v) is 5.57. The molecule has 2 aromatic rings. The Balaban J connectivity index is 2.28. The minimum absolute atomic E-state index is 0.0925. The van der Waals surface area contributed by atoms with Crippen LogP contribution in [0.25, 0.3) is 0 Å². The highest BCUT2D eigenvalue weighted by Crippen LogP contribution is 2.27. The first kappa shape index (κ1) is 20.0. The van der Waals surface area contributed by atoms with Crippen molar-refractivity contribution in [2.24, 2.45) is 0 Å². The Morgan fingerprint density at radius 2 is 1.89 bits per heavy atom. The molecular formula is C19H20N2O6. The molecule has 142 valence electrons. The van der Waals surface area contributed by atoms with Gasteiger partial charge in [-0.15, -0.1) is 0 Å². The lowest BCUT2D eigenvalue weighted by Gasteiger charge is -2.15. The van der Waals surface area contributed by atoms with Crippen LogP contribution in [0.5, 0.6) is 11.5 Å². The Labute approximate surface area is 156 Å². The molecule has 8 nitrogen and oxygen atoms in total. The summed E-state index contributed by atoms with van der Waals surface area (Å²) in [6, 6.07) is 8.11. The van der Waals surface area contributed by atoms with E-state index in [1.165, 1.54) is 18.8 Å². The molecule has 2 rings (SSSR count). The van der Waals surface area contributed by atoms with E-state index in [1.54, 1.807) is 31.2 Å². The molecule has 27 heavy (non-hydrogen) atoms. The van der Waals surface area contributed by atoms with Crippen LogP contribution in [0.1, 0.15) is 34.1 Å². The van der Waals surface area contributed by atoms with Gasteiger partial charge in [-0.05, 0) is 30.7 Å². The number of carboxylic acid groups (broad SMARTS) is 1. The molecule has 1 aromatic heterocycles. The van der Waals surface area contributed by atoms with Crippen LogP contribution in [-0.4, -0.2) is 29.9 Å². The first-order valence-corrected chi connectivity index (χ1v) is 8.15. The summed E-state index contributed by atoms with van der Waals surface area (Å²) in [6.07, 6.45) is 0. The molecule has 0 fully saturated rings. The van der Waals surface area contributed by atoms with Crippen LogP contribution < -0.4 is 15.0 Å². The Hall–Kier alpha value is -3.31. The highest BCUT2D eigenvalue weighted by Gasteiger charge is 2.19. The van der Waals surface area contributed by atoms with Crippen molar-refractivity contribution >= 4 is 5.97 Å². The van der Waals surface area contributed by atoms with Crippen molar-refractivity contribution in [2.45, 2.75) is 26.7 Å². The fraction of sp³-hybridized carbons (Fsp3) is 0.316. The molecule has 0 amide bonds. The standard InChI is InChI=1S/C19H20N2O6/c1-4-21-15(14(19(23)24)8-13(9-20)18(21)22)11-27-10-12-5-6-16(25-2)17(7-12)26-3/h5-8H,4,10-11H2,1-3H3,(H,23,24). The molecule has 0 saturated carbocycles. The molecule has 0 saturated heterocycles.